The summed E-state index contributed by atoms with van der Waals surface area (Å²) in [6.07, 6.45) is 0. The van der Waals surface area contributed by atoms with Crippen molar-refractivity contribution in [3.05, 3.63) is 34.9 Å². The molecule has 90 valence electrons. The number of ether oxygens (including phenoxy) is 1. The summed E-state index contributed by atoms with van der Waals surface area (Å²) in [5, 5.41) is 0.610. The number of carbonyl (C=O) groups is 1. The lowest BCUT2D eigenvalue weighted by molar-refractivity contribution is 0.0751. The molecular weight excluding hydrogens is 238 g/mol. The molecule has 0 unspecified atom stereocenters. The van der Waals surface area contributed by atoms with Crippen molar-refractivity contribution in [2.45, 2.75) is 0 Å². The van der Waals surface area contributed by atoms with Crippen molar-refractivity contribution in [1.82, 2.24) is 4.90 Å². The number of rotatable bonds is 1. The third-order valence-electron chi connectivity index (χ3n) is 3.60. The Morgan fingerprint density at radius 1 is 1.29 bits per heavy atom. The highest BCUT2D eigenvalue weighted by atomic mass is 35.5. The largest absolute Gasteiger partial charge is 0.381 e. The Kier molecular flexibility index (Phi) is 2.81. The van der Waals surface area contributed by atoms with Crippen LogP contribution in [0.2, 0.25) is 5.02 Å². The number of fused-ring (bicyclic) bond motifs is 1. The number of nitrogens with zero attached hydrogens (tertiary/aromatic N) is 1. The number of carbonyl (C=O) groups excluding carboxylic acids is 1. The minimum Gasteiger partial charge on any atom is -0.381 e. The van der Waals surface area contributed by atoms with Crippen LogP contribution in [0.4, 0.5) is 0 Å². The lowest BCUT2D eigenvalue weighted by Gasteiger charge is -2.17. The summed E-state index contributed by atoms with van der Waals surface area (Å²) in [5.74, 6) is 1.14. The second-order valence-corrected chi connectivity index (χ2v) is 5.21. The molecule has 2 aliphatic rings. The molecule has 1 amide bonds. The summed E-state index contributed by atoms with van der Waals surface area (Å²) in [6, 6.07) is 7.15. The van der Waals surface area contributed by atoms with E-state index in [9.17, 15) is 4.79 Å². The Morgan fingerprint density at radius 2 is 2.00 bits per heavy atom. The van der Waals surface area contributed by atoms with E-state index in [1.54, 1.807) is 12.1 Å². The molecular formula is C13H14ClNO2. The molecule has 17 heavy (non-hydrogen) atoms. The van der Waals surface area contributed by atoms with Crippen LogP contribution in [0, 0.1) is 11.8 Å². The molecule has 0 spiro atoms. The predicted molar refractivity (Wildman–Crippen MR) is 65.2 cm³/mol. The molecule has 2 atom stereocenters. The van der Waals surface area contributed by atoms with Gasteiger partial charge >= 0.3 is 0 Å². The second-order valence-electron chi connectivity index (χ2n) is 4.78. The van der Waals surface area contributed by atoms with Crippen LogP contribution >= 0.6 is 11.6 Å². The van der Waals surface area contributed by atoms with E-state index in [1.165, 1.54) is 0 Å². The summed E-state index contributed by atoms with van der Waals surface area (Å²) in [7, 11) is 0. The highest BCUT2D eigenvalue weighted by Crippen LogP contribution is 2.30. The lowest BCUT2D eigenvalue weighted by Crippen LogP contribution is -2.30. The molecule has 2 heterocycles. The monoisotopic (exact) mass is 251 g/mol. The molecule has 2 fully saturated rings. The molecule has 0 aliphatic carbocycles. The minimum atomic E-state index is 0.0851. The molecule has 0 saturated carbocycles. The summed E-state index contributed by atoms with van der Waals surface area (Å²) in [6.45, 7) is 3.22. The standard InChI is InChI=1S/C13H14ClNO2/c14-12-3-1-2-9(4-12)13(16)15-5-10-7-17-8-11(10)6-15/h1-4,10-11H,5-8H2/t10-,11-/m1/s1. The molecule has 0 radical (unpaired) electrons. The van der Waals surface area contributed by atoms with Gasteiger partial charge in [-0.05, 0) is 18.2 Å². The first-order valence-corrected chi connectivity index (χ1v) is 6.24. The van der Waals surface area contributed by atoms with Crippen molar-refractivity contribution >= 4 is 17.5 Å². The number of hydrogen-bond donors (Lipinski definition) is 0. The van der Waals surface area contributed by atoms with Crippen LogP contribution < -0.4 is 0 Å². The molecule has 3 nitrogen and oxygen atoms in total. The average molecular weight is 252 g/mol. The van der Waals surface area contributed by atoms with Gasteiger partial charge in [0.15, 0.2) is 0 Å². The van der Waals surface area contributed by atoms with Gasteiger partial charge in [0.1, 0.15) is 0 Å². The maximum atomic E-state index is 12.3. The zero-order valence-electron chi connectivity index (χ0n) is 9.43. The number of benzene rings is 1. The molecule has 0 aromatic heterocycles. The van der Waals surface area contributed by atoms with E-state index in [0.717, 1.165) is 26.3 Å². The van der Waals surface area contributed by atoms with Gasteiger partial charge in [0.25, 0.3) is 5.91 Å². The number of hydrogen-bond acceptors (Lipinski definition) is 2. The van der Waals surface area contributed by atoms with Crippen molar-refractivity contribution in [2.75, 3.05) is 26.3 Å². The molecule has 0 N–H and O–H groups in total. The van der Waals surface area contributed by atoms with Gasteiger partial charge < -0.3 is 9.64 Å². The fraction of sp³-hybridized carbons (Fsp3) is 0.462. The van der Waals surface area contributed by atoms with E-state index >= 15 is 0 Å². The van der Waals surface area contributed by atoms with Gasteiger partial charge in [-0.3, -0.25) is 4.79 Å². The first-order valence-electron chi connectivity index (χ1n) is 5.86. The molecule has 3 rings (SSSR count). The zero-order chi connectivity index (χ0) is 11.8. The number of halogens is 1. The average Bonchev–Trinajstić information content (AvgIpc) is 2.88. The van der Waals surface area contributed by atoms with Crippen LogP contribution in [0.5, 0.6) is 0 Å². The minimum absolute atomic E-state index is 0.0851. The molecule has 2 saturated heterocycles. The molecule has 0 bridgehead atoms. The van der Waals surface area contributed by atoms with Crippen LogP contribution in [-0.2, 0) is 4.74 Å². The van der Waals surface area contributed by atoms with Crippen LogP contribution in [-0.4, -0.2) is 37.1 Å². The van der Waals surface area contributed by atoms with Gasteiger partial charge in [-0.25, -0.2) is 0 Å². The molecule has 1 aromatic carbocycles. The van der Waals surface area contributed by atoms with Gasteiger partial charge in [-0.15, -0.1) is 0 Å². The van der Waals surface area contributed by atoms with Gasteiger partial charge in [-0.1, -0.05) is 17.7 Å². The highest BCUT2D eigenvalue weighted by molar-refractivity contribution is 6.30. The van der Waals surface area contributed by atoms with Crippen molar-refractivity contribution in [3.8, 4) is 0 Å². The SMILES string of the molecule is O=C(c1cccc(Cl)c1)N1C[C@@H]2COC[C@H]2C1. The van der Waals surface area contributed by atoms with Crippen molar-refractivity contribution < 1.29 is 9.53 Å². The van der Waals surface area contributed by atoms with Crippen LogP contribution in [0.3, 0.4) is 0 Å². The Balaban J connectivity index is 1.75. The van der Waals surface area contributed by atoms with Crippen LogP contribution in [0.1, 0.15) is 10.4 Å². The first kappa shape index (κ1) is 11.1. The third kappa shape index (κ3) is 2.05. The fourth-order valence-electron chi connectivity index (χ4n) is 2.66. The topological polar surface area (TPSA) is 29.5 Å². The Hall–Kier alpha value is -1.06. The molecule has 1 aromatic rings. The molecule has 2 aliphatic heterocycles. The number of likely N-dealkylation sites (tertiary alicyclic amines) is 1. The van der Waals surface area contributed by atoms with E-state index in [0.29, 0.717) is 22.4 Å². The zero-order valence-corrected chi connectivity index (χ0v) is 10.2. The van der Waals surface area contributed by atoms with Crippen molar-refractivity contribution in [3.63, 3.8) is 0 Å². The Morgan fingerprint density at radius 3 is 2.65 bits per heavy atom. The van der Waals surface area contributed by atoms with E-state index in [2.05, 4.69) is 0 Å². The van der Waals surface area contributed by atoms with Gasteiger partial charge in [0.2, 0.25) is 0 Å². The maximum absolute atomic E-state index is 12.3. The van der Waals surface area contributed by atoms with Crippen molar-refractivity contribution in [2.24, 2.45) is 11.8 Å². The second kappa shape index (κ2) is 4.31. The summed E-state index contributed by atoms with van der Waals surface area (Å²) in [4.78, 5) is 14.2. The number of amides is 1. The smallest absolute Gasteiger partial charge is 0.253 e. The lowest BCUT2D eigenvalue weighted by atomic mass is 10.0. The third-order valence-corrected chi connectivity index (χ3v) is 3.83. The van der Waals surface area contributed by atoms with Gasteiger partial charge in [-0.2, -0.15) is 0 Å². The Labute approximate surface area is 105 Å². The molecule has 4 heteroatoms. The van der Waals surface area contributed by atoms with Crippen molar-refractivity contribution in [1.29, 1.82) is 0 Å². The summed E-state index contributed by atoms with van der Waals surface area (Å²) >= 11 is 5.90. The summed E-state index contributed by atoms with van der Waals surface area (Å²) in [5.41, 5.74) is 0.679. The van der Waals surface area contributed by atoms with E-state index in [-0.39, 0.29) is 5.91 Å². The normalized spacial score (nSPS) is 27.2. The Bertz CT molecular complexity index is 437. The van der Waals surface area contributed by atoms with Gasteiger partial charge in [0, 0.05) is 35.5 Å². The van der Waals surface area contributed by atoms with Gasteiger partial charge in [0.05, 0.1) is 13.2 Å². The van der Waals surface area contributed by atoms with E-state index in [4.69, 9.17) is 16.3 Å². The van der Waals surface area contributed by atoms with E-state index in [1.807, 2.05) is 17.0 Å². The maximum Gasteiger partial charge on any atom is 0.253 e. The van der Waals surface area contributed by atoms with Crippen LogP contribution in [0.15, 0.2) is 24.3 Å². The fourth-order valence-corrected chi connectivity index (χ4v) is 2.85. The summed E-state index contributed by atoms with van der Waals surface area (Å²) < 4.78 is 5.41. The van der Waals surface area contributed by atoms with Crippen LogP contribution in [0.25, 0.3) is 0 Å². The highest BCUT2D eigenvalue weighted by Gasteiger charge is 2.39. The quantitative estimate of drug-likeness (QED) is 0.765. The first-order chi connectivity index (χ1) is 8.24. The van der Waals surface area contributed by atoms with E-state index < -0.39 is 0 Å². The predicted octanol–water partition coefficient (Wildman–Crippen LogP) is 2.06.